The van der Waals surface area contributed by atoms with Crippen LogP contribution in [0.15, 0.2) is 12.1 Å². The Morgan fingerprint density at radius 2 is 2.00 bits per heavy atom. The molecule has 30 heavy (non-hydrogen) atoms. The predicted octanol–water partition coefficient (Wildman–Crippen LogP) is 1.43. The molecule has 3 aliphatic rings. The van der Waals surface area contributed by atoms with Crippen LogP contribution in [-0.2, 0) is 24.7 Å². The van der Waals surface area contributed by atoms with Gasteiger partial charge in [0.05, 0.1) is 11.8 Å². The highest BCUT2D eigenvalue weighted by Gasteiger charge is 2.70. The number of hydrogen-bond donors (Lipinski definition) is 3. The van der Waals surface area contributed by atoms with Gasteiger partial charge in [-0.1, -0.05) is 18.5 Å². The van der Waals surface area contributed by atoms with Gasteiger partial charge in [-0.3, -0.25) is 29.4 Å². The molecule has 1 aromatic rings. The Morgan fingerprint density at radius 3 is 2.63 bits per heavy atom. The van der Waals surface area contributed by atoms with Crippen molar-refractivity contribution in [2.24, 2.45) is 17.6 Å². The first-order valence-electron chi connectivity index (χ1n) is 10.2. The van der Waals surface area contributed by atoms with Crippen LogP contribution in [0.4, 0.5) is 5.69 Å². The zero-order valence-electron chi connectivity index (χ0n) is 17.1. The van der Waals surface area contributed by atoms with Crippen molar-refractivity contribution in [3.63, 3.8) is 0 Å². The number of carbonyl (C=O) groups is 4. The van der Waals surface area contributed by atoms with Crippen LogP contribution in [0.1, 0.15) is 44.2 Å². The van der Waals surface area contributed by atoms with Gasteiger partial charge in [0.2, 0.25) is 23.6 Å². The van der Waals surface area contributed by atoms with Gasteiger partial charge in [0.15, 0.2) is 0 Å². The Balaban J connectivity index is 1.88. The SMILES string of the molecule is CCC(C)N1C(=O)C2C(CCC(N)=O)NC3(C(=O)Nc4c(C)cc(Cl)cc43)C2C1=O. The van der Waals surface area contributed by atoms with Crippen LogP contribution in [0.5, 0.6) is 0 Å². The molecule has 0 aromatic heterocycles. The number of imide groups is 1. The van der Waals surface area contributed by atoms with E-state index in [4.69, 9.17) is 17.3 Å². The number of fused-ring (bicyclic) bond motifs is 4. The molecule has 0 radical (unpaired) electrons. The fraction of sp³-hybridized carbons (Fsp3) is 0.524. The first-order valence-corrected chi connectivity index (χ1v) is 10.6. The van der Waals surface area contributed by atoms with Crippen molar-refractivity contribution in [3.05, 3.63) is 28.3 Å². The summed E-state index contributed by atoms with van der Waals surface area (Å²) in [5.41, 5.74) is 5.87. The minimum absolute atomic E-state index is 0.0464. The molecule has 0 saturated carbocycles. The van der Waals surface area contributed by atoms with Crippen molar-refractivity contribution >= 4 is 40.9 Å². The molecule has 2 saturated heterocycles. The molecule has 4 N–H and O–H groups in total. The van der Waals surface area contributed by atoms with Crippen molar-refractivity contribution in [3.8, 4) is 0 Å². The minimum Gasteiger partial charge on any atom is -0.370 e. The van der Waals surface area contributed by atoms with Gasteiger partial charge in [-0.2, -0.15) is 0 Å². The second-order valence-electron chi connectivity index (χ2n) is 8.47. The Hall–Kier alpha value is -2.45. The van der Waals surface area contributed by atoms with Crippen molar-refractivity contribution < 1.29 is 19.2 Å². The van der Waals surface area contributed by atoms with Gasteiger partial charge in [0.25, 0.3) is 0 Å². The number of nitrogens with zero attached hydrogens (tertiary/aromatic N) is 1. The molecule has 9 heteroatoms. The third-order valence-corrected chi connectivity index (χ3v) is 6.97. The highest BCUT2D eigenvalue weighted by Crippen LogP contribution is 2.54. The van der Waals surface area contributed by atoms with Gasteiger partial charge in [0, 0.05) is 34.8 Å². The molecule has 8 nitrogen and oxygen atoms in total. The van der Waals surface area contributed by atoms with E-state index in [1.54, 1.807) is 12.1 Å². The summed E-state index contributed by atoms with van der Waals surface area (Å²) >= 11 is 6.30. The number of anilines is 1. The van der Waals surface area contributed by atoms with E-state index in [2.05, 4.69) is 10.6 Å². The zero-order chi connectivity index (χ0) is 22.0. The van der Waals surface area contributed by atoms with Crippen molar-refractivity contribution in [1.82, 2.24) is 10.2 Å². The lowest BCUT2D eigenvalue weighted by molar-refractivity contribution is -0.145. The number of rotatable bonds is 5. The molecule has 2 fully saturated rings. The number of benzene rings is 1. The van der Waals surface area contributed by atoms with E-state index in [0.717, 1.165) is 5.56 Å². The summed E-state index contributed by atoms with van der Waals surface area (Å²) in [5.74, 6) is -3.21. The number of hydrogen-bond acceptors (Lipinski definition) is 5. The first kappa shape index (κ1) is 20.8. The molecule has 5 unspecified atom stereocenters. The molecule has 4 rings (SSSR count). The van der Waals surface area contributed by atoms with Gasteiger partial charge in [-0.05, 0) is 44.4 Å². The molecular formula is C21H25ClN4O4. The molecular weight excluding hydrogens is 408 g/mol. The van der Waals surface area contributed by atoms with Gasteiger partial charge in [0.1, 0.15) is 5.54 Å². The molecule has 0 aliphatic carbocycles. The summed E-state index contributed by atoms with van der Waals surface area (Å²) in [4.78, 5) is 52.9. The molecule has 160 valence electrons. The van der Waals surface area contributed by atoms with Crippen LogP contribution in [0, 0.1) is 18.8 Å². The third kappa shape index (κ3) is 2.70. The monoisotopic (exact) mass is 432 g/mol. The number of halogens is 1. The lowest BCUT2D eigenvalue weighted by Gasteiger charge is -2.31. The predicted molar refractivity (Wildman–Crippen MR) is 110 cm³/mol. The summed E-state index contributed by atoms with van der Waals surface area (Å²) in [6, 6.07) is 2.59. The van der Waals surface area contributed by atoms with E-state index < -0.39 is 29.3 Å². The lowest BCUT2D eigenvalue weighted by atomic mass is 9.76. The van der Waals surface area contributed by atoms with Gasteiger partial charge < -0.3 is 11.1 Å². The maximum atomic E-state index is 13.5. The fourth-order valence-corrected chi connectivity index (χ4v) is 5.49. The summed E-state index contributed by atoms with van der Waals surface area (Å²) in [6.07, 6.45) is 0.912. The molecule has 1 spiro atoms. The standard InChI is InChI=1S/C21H25ClN4O4/c1-4-10(3)26-18(28)15-13(5-6-14(23)27)25-21(16(15)19(26)29)12-8-11(22)7-9(2)17(12)24-20(21)30/h7-8,10,13,15-16,25H,4-6H2,1-3H3,(H2,23,27)(H,24,30). The lowest BCUT2D eigenvalue weighted by Crippen LogP contribution is -2.54. The first-order chi connectivity index (χ1) is 14.1. The average Bonchev–Trinajstić information content (AvgIpc) is 3.25. The second kappa shape index (κ2) is 7.06. The number of carbonyl (C=O) groups excluding carboxylic acids is 4. The zero-order valence-corrected chi connectivity index (χ0v) is 17.9. The van der Waals surface area contributed by atoms with E-state index in [1.807, 2.05) is 20.8 Å². The highest BCUT2D eigenvalue weighted by atomic mass is 35.5. The average molecular weight is 433 g/mol. The highest BCUT2D eigenvalue weighted by molar-refractivity contribution is 6.31. The third-order valence-electron chi connectivity index (χ3n) is 6.75. The van der Waals surface area contributed by atoms with E-state index in [-0.39, 0.29) is 36.6 Å². The smallest absolute Gasteiger partial charge is 0.250 e. The number of amides is 4. The van der Waals surface area contributed by atoms with E-state index in [0.29, 0.717) is 22.7 Å². The number of primary amides is 1. The molecule has 5 atom stereocenters. The summed E-state index contributed by atoms with van der Waals surface area (Å²) < 4.78 is 0. The van der Waals surface area contributed by atoms with Crippen molar-refractivity contribution in [1.29, 1.82) is 0 Å². The van der Waals surface area contributed by atoms with Crippen molar-refractivity contribution in [2.75, 3.05) is 5.32 Å². The number of nitrogens with one attached hydrogen (secondary N) is 2. The largest absolute Gasteiger partial charge is 0.370 e. The number of likely N-dealkylation sites (tertiary alicyclic amines) is 1. The summed E-state index contributed by atoms with van der Waals surface area (Å²) in [7, 11) is 0. The summed E-state index contributed by atoms with van der Waals surface area (Å²) in [5, 5.41) is 6.60. The van der Waals surface area contributed by atoms with Crippen LogP contribution in [0.25, 0.3) is 0 Å². The van der Waals surface area contributed by atoms with Gasteiger partial charge in [-0.15, -0.1) is 0 Å². The van der Waals surface area contributed by atoms with Crippen molar-refractivity contribution in [2.45, 2.75) is 57.7 Å². The van der Waals surface area contributed by atoms with E-state index in [9.17, 15) is 19.2 Å². The van der Waals surface area contributed by atoms with Gasteiger partial charge in [-0.25, -0.2) is 0 Å². The Bertz CT molecular complexity index is 980. The van der Waals surface area contributed by atoms with Crippen LogP contribution in [0.2, 0.25) is 5.02 Å². The number of nitrogens with two attached hydrogens (primary N) is 1. The molecule has 0 bridgehead atoms. The van der Waals surface area contributed by atoms with Crippen LogP contribution < -0.4 is 16.4 Å². The summed E-state index contributed by atoms with van der Waals surface area (Å²) in [6.45, 7) is 5.55. The maximum Gasteiger partial charge on any atom is 0.250 e. The van der Waals surface area contributed by atoms with Crippen LogP contribution in [0.3, 0.4) is 0 Å². The Labute approximate surface area is 179 Å². The minimum atomic E-state index is -1.41. The molecule has 1 aromatic carbocycles. The molecule has 3 heterocycles. The second-order valence-corrected chi connectivity index (χ2v) is 8.91. The Kier molecular flexibility index (Phi) is 4.90. The van der Waals surface area contributed by atoms with Gasteiger partial charge >= 0.3 is 0 Å². The normalized spacial score (nSPS) is 30.6. The fourth-order valence-electron chi connectivity index (χ4n) is 5.22. The van der Waals surface area contributed by atoms with E-state index >= 15 is 0 Å². The topological polar surface area (TPSA) is 122 Å². The Morgan fingerprint density at radius 1 is 1.30 bits per heavy atom. The van der Waals surface area contributed by atoms with E-state index in [1.165, 1.54) is 4.90 Å². The van der Waals surface area contributed by atoms with Crippen LogP contribution >= 0.6 is 11.6 Å². The molecule has 4 amide bonds. The quantitative estimate of drug-likeness (QED) is 0.607. The molecule has 3 aliphatic heterocycles. The number of aryl methyl sites for hydroxylation is 1. The van der Waals surface area contributed by atoms with Crippen LogP contribution in [-0.4, -0.2) is 40.6 Å². The maximum absolute atomic E-state index is 13.5.